The summed E-state index contributed by atoms with van der Waals surface area (Å²) in [5, 5.41) is 12.4. The van der Waals surface area contributed by atoms with Crippen LogP contribution in [0.1, 0.15) is 44.1 Å². The van der Waals surface area contributed by atoms with E-state index in [1.165, 1.54) is 5.56 Å². The molecule has 1 aromatic heterocycles. The van der Waals surface area contributed by atoms with E-state index < -0.39 is 0 Å². The number of tetrazole rings is 1. The molecule has 1 aliphatic rings. The average Bonchev–Trinajstić information content (AvgIpc) is 2.99. The number of rotatable bonds is 2. The molecule has 2 aromatic rings. The van der Waals surface area contributed by atoms with Gasteiger partial charge < -0.3 is 4.90 Å². The largest absolute Gasteiger partial charge is 0.311 e. The summed E-state index contributed by atoms with van der Waals surface area (Å²) < 4.78 is 1.03. The van der Waals surface area contributed by atoms with Crippen molar-refractivity contribution < 1.29 is 4.79 Å². The van der Waals surface area contributed by atoms with E-state index in [9.17, 15) is 4.79 Å². The highest BCUT2D eigenvalue weighted by Gasteiger charge is 2.26. The number of hydrogen-bond donors (Lipinski definition) is 0. The van der Waals surface area contributed by atoms with Crippen LogP contribution >= 0.6 is 15.9 Å². The lowest BCUT2D eigenvalue weighted by Crippen LogP contribution is -2.37. The molecule has 6 nitrogen and oxygen atoms in total. The van der Waals surface area contributed by atoms with E-state index in [-0.39, 0.29) is 17.9 Å². The Hall–Kier alpha value is -1.76. The number of hydrogen-bond acceptors (Lipinski definition) is 4. The van der Waals surface area contributed by atoms with E-state index in [0.717, 1.165) is 35.1 Å². The molecule has 0 unspecified atom stereocenters. The Bertz CT molecular complexity index is 778. The number of aromatic nitrogens is 4. The fraction of sp³-hybridized carbons (Fsp3) is 0.529. The third-order valence-corrected chi connectivity index (χ3v) is 5.07. The molecule has 3 rings (SSSR count). The van der Waals surface area contributed by atoms with Crippen LogP contribution in [0.5, 0.6) is 0 Å². The van der Waals surface area contributed by atoms with Crippen molar-refractivity contribution in [3.8, 4) is 0 Å². The molecule has 0 spiro atoms. The average molecular weight is 392 g/mol. The third kappa shape index (κ3) is 3.22. The highest BCUT2D eigenvalue weighted by Crippen LogP contribution is 2.35. The molecule has 1 aromatic carbocycles. The second-order valence-corrected chi connectivity index (χ2v) is 8.03. The number of carbonyl (C=O) groups excluding carboxylic acids is 1. The SMILES string of the molecule is Cc1c(Br)ccc2c1N(C(=O)Cc1nnn(C(C)(C)C)n1)CCC2. The molecule has 0 saturated carbocycles. The zero-order valence-electron chi connectivity index (χ0n) is 14.5. The number of anilines is 1. The van der Waals surface area contributed by atoms with Crippen molar-refractivity contribution in [1.29, 1.82) is 0 Å². The number of carbonyl (C=O) groups is 1. The molecule has 0 atom stereocenters. The number of aryl methyl sites for hydroxylation is 1. The van der Waals surface area contributed by atoms with E-state index in [1.54, 1.807) is 4.80 Å². The summed E-state index contributed by atoms with van der Waals surface area (Å²) in [6.45, 7) is 8.78. The third-order valence-electron chi connectivity index (χ3n) is 4.21. The Morgan fingerprint density at radius 2 is 2.08 bits per heavy atom. The van der Waals surface area contributed by atoms with Crippen molar-refractivity contribution in [2.45, 2.75) is 52.5 Å². The normalized spacial score (nSPS) is 14.6. The maximum Gasteiger partial charge on any atom is 0.234 e. The Morgan fingerprint density at radius 3 is 2.75 bits per heavy atom. The Balaban J connectivity index is 1.85. The lowest BCUT2D eigenvalue weighted by Gasteiger charge is -2.31. The van der Waals surface area contributed by atoms with Gasteiger partial charge in [0.1, 0.15) is 0 Å². The van der Waals surface area contributed by atoms with Gasteiger partial charge in [-0.1, -0.05) is 22.0 Å². The summed E-state index contributed by atoms with van der Waals surface area (Å²) in [6.07, 6.45) is 2.15. The van der Waals surface area contributed by atoms with Crippen molar-refractivity contribution >= 4 is 27.5 Å². The molecule has 0 N–H and O–H groups in total. The molecule has 0 fully saturated rings. The quantitative estimate of drug-likeness (QED) is 0.788. The molecule has 2 heterocycles. The van der Waals surface area contributed by atoms with Crippen molar-refractivity contribution in [1.82, 2.24) is 20.2 Å². The first kappa shape index (κ1) is 17.1. The van der Waals surface area contributed by atoms with Gasteiger partial charge in [-0.25, -0.2) is 0 Å². The summed E-state index contributed by atoms with van der Waals surface area (Å²) >= 11 is 3.57. The minimum Gasteiger partial charge on any atom is -0.311 e. The fourth-order valence-electron chi connectivity index (χ4n) is 2.93. The van der Waals surface area contributed by atoms with Crippen LogP contribution in [0.2, 0.25) is 0 Å². The second kappa shape index (κ2) is 6.27. The minimum atomic E-state index is -0.243. The Kier molecular flexibility index (Phi) is 4.46. The zero-order chi connectivity index (χ0) is 17.5. The molecular weight excluding hydrogens is 370 g/mol. The van der Waals surface area contributed by atoms with Gasteiger partial charge >= 0.3 is 0 Å². The highest BCUT2D eigenvalue weighted by atomic mass is 79.9. The molecule has 1 amide bonds. The number of nitrogens with zero attached hydrogens (tertiary/aromatic N) is 5. The smallest absolute Gasteiger partial charge is 0.234 e. The molecule has 0 saturated heterocycles. The van der Waals surface area contributed by atoms with Crippen molar-refractivity contribution in [3.63, 3.8) is 0 Å². The second-order valence-electron chi connectivity index (χ2n) is 7.17. The minimum absolute atomic E-state index is 0.0191. The summed E-state index contributed by atoms with van der Waals surface area (Å²) in [6, 6.07) is 4.15. The fourth-order valence-corrected chi connectivity index (χ4v) is 3.25. The number of fused-ring (bicyclic) bond motifs is 1. The number of halogens is 1. The molecule has 0 bridgehead atoms. The van der Waals surface area contributed by atoms with Crippen LogP contribution in [0.25, 0.3) is 0 Å². The van der Waals surface area contributed by atoms with Gasteiger partial charge in [-0.15, -0.1) is 10.2 Å². The molecule has 1 aliphatic heterocycles. The van der Waals surface area contributed by atoms with Crippen LogP contribution in [0.4, 0.5) is 5.69 Å². The van der Waals surface area contributed by atoms with Crippen molar-refractivity contribution in [2.24, 2.45) is 0 Å². The summed E-state index contributed by atoms with van der Waals surface area (Å²) in [5.74, 6) is 0.486. The van der Waals surface area contributed by atoms with E-state index in [1.807, 2.05) is 32.6 Å². The van der Waals surface area contributed by atoms with Crippen LogP contribution in [0, 0.1) is 6.92 Å². The first-order valence-electron chi connectivity index (χ1n) is 8.15. The maximum absolute atomic E-state index is 12.8. The lowest BCUT2D eigenvalue weighted by atomic mass is 9.98. The van der Waals surface area contributed by atoms with Gasteiger partial charge in [-0.2, -0.15) is 4.80 Å². The Morgan fingerprint density at radius 1 is 1.33 bits per heavy atom. The van der Waals surface area contributed by atoms with Crippen molar-refractivity contribution in [3.05, 3.63) is 33.6 Å². The highest BCUT2D eigenvalue weighted by molar-refractivity contribution is 9.10. The predicted molar refractivity (Wildman–Crippen MR) is 96.1 cm³/mol. The van der Waals surface area contributed by atoms with Crippen LogP contribution < -0.4 is 4.90 Å². The van der Waals surface area contributed by atoms with Gasteiger partial charge in [0.05, 0.1) is 17.6 Å². The molecule has 0 radical (unpaired) electrons. The summed E-state index contributed by atoms with van der Waals surface area (Å²) in [5.41, 5.74) is 3.12. The Labute approximate surface area is 150 Å². The standard InChI is InChI=1S/C17H22BrN5O/c1-11-13(18)8-7-12-6-5-9-22(16(11)12)15(24)10-14-19-21-23(20-14)17(2,3)4/h7-8H,5-6,9-10H2,1-4H3. The van der Waals surface area contributed by atoms with E-state index in [4.69, 9.17) is 0 Å². The van der Waals surface area contributed by atoms with E-state index in [0.29, 0.717) is 5.82 Å². The van der Waals surface area contributed by atoms with Crippen LogP contribution in [0.3, 0.4) is 0 Å². The van der Waals surface area contributed by atoms with E-state index in [2.05, 4.69) is 43.5 Å². The molecule has 7 heteroatoms. The first-order chi connectivity index (χ1) is 11.3. The number of benzene rings is 1. The molecular formula is C17H22BrN5O. The van der Waals surface area contributed by atoms with Gasteiger partial charge in [0.15, 0.2) is 5.82 Å². The molecule has 24 heavy (non-hydrogen) atoms. The van der Waals surface area contributed by atoms with Gasteiger partial charge in [0.25, 0.3) is 0 Å². The topological polar surface area (TPSA) is 63.9 Å². The zero-order valence-corrected chi connectivity index (χ0v) is 16.1. The number of amides is 1. The first-order valence-corrected chi connectivity index (χ1v) is 8.94. The van der Waals surface area contributed by atoms with Gasteiger partial charge in [-0.3, -0.25) is 4.79 Å². The van der Waals surface area contributed by atoms with Crippen molar-refractivity contribution in [2.75, 3.05) is 11.4 Å². The van der Waals surface area contributed by atoms with Gasteiger partial charge in [-0.05, 0) is 62.9 Å². The van der Waals surface area contributed by atoms with Crippen LogP contribution in [0.15, 0.2) is 16.6 Å². The van der Waals surface area contributed by atoms with Crippen LogP contribution in [-0.4, -0.2) is 32.7 Å². The lowest BCUT2D eigenvalue weighted by molar-refractivity contribution is -0.118. The maximum atomic E-state index is 12.8. The molecule has 0 aliphatic carbocycles. The predicted octanol–water partition coefficient (Wildman–Crippen LogP) is 3.02. The monoisotopic (exact) mass is 391 g/mol. The van der Waals surface area contributed by atoms with Crippen LogP contribution in [-0.2, 0) is 23.2 Å². The summed E-state index contributed by atoms with van der Waals surface area (Å²) in [4.78, 5) is 16.3. The van der Waals surface area contributed by atoms with E-state index >= 15 is 0 Å². The molecule has 128 valence electrons. The van der Waals surface area contributed by atoms with Gasteiger partial charge in [0.2, 0.25) is 5.91 Å². The van der Waals surface area contributed by atoms with Gasteiger partial charge in [0, 0.05) is 11.0 Å². The summed E-state index contributed by atoms with van der Waals surface area (Å²) in [7, 11) is 0.